The number of nitrogens with zero attached hydrogens (tertiary/aromatic N) is 3. The molecule has 0 atom stereocenters. The van der Waals surface area contributed by atoms with Crippen molar-refractivity contribution in [3.05, 3.63) is 126 Å². The molecule has 0 saturated carbocycles. The standard InChI is InChI=1S/C30H32N3/c1-3-31-22-23-32(4-2)29-24-33(21-20-28(29)31)30(25-14-8-5-9-15-25,26-16-10-6-11-17-26)27-18-12-7-13-19-27/h5-21,24H,3-4,22-23H2,1-2H3/q+1. The Morgan fingerprint density at radius 3 is 1.45 bits per heavy atom. The minimum atomic E-state index is -0.479. The molecule has 33 heavy (non-hydrogen) atoms. The van der Waals surface area contributed by atoms with Crippen LogP contribution in [-0.4, -0.2) is 26.2 Å². The van der Waals surface area contributed by atoms with Crippen molar-refractivity contribution >= 4 is 11.4 Å². The van der Waals surface area contributed by atoms with Gasteiger partial charge in [-0.2, -0.15) is 4.57 Å². The molecule has 0 amide bonds. The molecule has 166 valence electrons. The maximum Gasteiger partial charge on any atom is 0.244 e. The van der Waals surface area contributed by atoms with Crippen molar-refractivity contribution in [1.29, 1.82) is 0 Å². The van der Waals surface area contributed by atoms with E-state index in [-0.39, 0.29) is 0 Å². The first kappa shape index (κ1) is 21.3. The van der Waals surface area contributed by atoms with Crippen LogP contribution in [0, 0.1) is 0 Å². The summed E-state index contributed by atoms with van der Waals surface area (Å²) >= 11 is 0. The molecule has 0 spiro atoms. The van der Waals surface area contributed by atoms with Crippen LogP contribution in [0.3, 0.4) is 0 Å². The van der Waals surface area contributed by atoms with Gasteiger partial charge in [0.1, 0.15) is 5.69 Å². The van der Waals surface area contributed by atoms with E-state index in [9.17, 15) is 0 Å². The molecular formula is C30H32N3+. The van der Waals surface area contributed by atoms with Crippen LogP contribution in [-0.2, 0) is 5.54 Å². The van der Waals surface area contributed by atoms with Crippen LogP contribution in [0.2, 0.25) is 0 Å². The maximum atomic E-state index is 2.50. The highest BCUT2D eigenvalue weighted by Crippen LogP contribution is 2.38. The summed E-state index contributed by atoms with van der Waals surface area (Å²) in [5.74, 6) is 0. The van der Waals surface area contributed by atoms with Crippen molar-refractivity contribution in [1.82, 2.24) is 0 Å². The van der Waals surface area contributed by atoms with Crippen LogP contribution in [0.4, 0.5) is 11.4 Å². The lowest BCUT2D eigenvalue weighted by Crippen LogP contribution is -2.59. The fourth-order valence-corrected chi connectivity index (χ4v) is 5.32. The number of hydrogen-bond donors (Lipinski definition) is 0. The number of benzene rings is 3. The lowest BCUT2D eigenvalue weighted by Gasteiger charge is -2.38. The van der Waals surface area contributed by atoms with E-state index in [0.29, 0.717) is 0 Å². The third kappa shape index (κ3) is 3.58. The maximum absolute atomic E-state index is 2.50. The van der Waals surface area contributed by atoms with Gasteiger partial charge in [-0.3, -0.25) is 0 Å². The Kier molecular flexibility index (Phi) is 5.87. The summed E-state index contributed by atoms with van der Waals surface area (Å²) in [7, 11) is 0. The zero-order chi connectivity index (χ0) is 22.7. The molecule has 3 aromatic carbocycles. The Bertz CT molecular complexity index is 1090. The number of fused-ring (bicyclic) bond motifs is 1. The Morgan fingerprint density at radius 2 is 1.03 bits per heavy atom. The molecule has 5 rings (SSSR count). The SMILES string of the molecule is CCN1CCN(CC)c2c[n+](C(c3ccccc3)(c3ccccc3)c3ccccc3)ccc21. The van der Waals surface area contributed by atoms with Crippen LogP contribution >= 0.6 is 0 Å². The fourth-order valence-electron chi connectivity index (χ4n) is 5.32. The lowest BCUT2D eigenvalue weighted by atomic mass is 9.76. The second-order valence-corrected chi connectivity index (χ2v) is 8.59. The Labute approximate surface area is 197 Å². The minimum Gasteiger partial charge on any atom is -0.368 e. The molecule has 0 aliphatic carbocycles. The molecule has 0 saturated heterocycles. The topological polar surface area (TPSA) is 10.4 Å². The van der Waals surface area contributed by atoms with Crippen molar-refractivity contribution in [2.45, 2.75) is 19.4 Å². The van der Waals surface area contributed by atoms with Gasteiger partial charge in [-0.05, 0) is 13.8 Å². The molecule has 0 radical (unpaired) electrons. The zero-order valence-electron chi connectivity index (χ0n) is 19.6. The number of hydrogen-bond acceptors (Lipinski definition) is 2. The number of pyridine rings is 1. The Morgan fingerprint density at radius 1 is 0.606 bits per heavy atom. The summed E-state index contributed by atoms with van der Waals surface area (Å²) in [5, 5.41) is 0. The highest BCUT2D eigenvalue weighted by Gasteiger charge is 2.46. The van der Waals surface area contributed by atoms with Gasteiger partial charge in [-0.15, -0.1) is 0 Å². The molecule has 1 aliphatic heterocycles. The molecule has 1 aliphatic rings. The summed E-state index contributed by atoms with van der Waals surface area (Å²) in [6.07, 6.45) is 4.64. The molecule has 0 fully saturated rings. The predicted octanol–water partition coefficient (Wildman–Crippen LogP) is 5.48. The molecule has 3 nitrogen and oxygen atoms in total. The van der Waals surface area contributed by atoms with Gasteiger partial charge in [0.2, 0.25) is 5.54 Å². The largest absolute Gasteiger partial charge is 0.368 e. The molecule has 2 heterocycles. The van der Waals surface area contributed by atoms with E-state index in [2.05, 4.69) is 138 Å². The normalized spacial score (nSPS) is 13.6. The smallest absolute Gasteiger partial charge is 0.244 e. The number of likely N-dealkylation sites (N-methyl/N-ethyl adjacent to an activating group) is 2. The molecule has 3 heteroatoms. The average molecular weight is 435 g/mol. The van der Waals surface area contributed by atoms with Crippen molar-refractivity contribution in [2.75, 3.05) is 36.0 Å². The van der Waals surface area contributed by atoms with E-state index < -0.39 is 5.54 Å². The first-order chi connectivity index (χ1) is 16.3. The zero-order valence-corrected chi connectivity index (χ0v) is 19.6. The molecule has 1 aromatic heterocycles. The summed E-state index contributed by atoms with van der Waals surface area (Å²) in [6.45, 7) is 8.65. The van der Waals surface area contributed by atoms with Gasteiger partial charge in [0.25, 0.3) is 0 Å². The third-order valence-electron chi connectivity index (χ3n) is 6.96. The molecular weight excluding hydrogens is 402 g/mol. The van der Waals surface area contributed by atoms with E-state index >= 15 is 0 Å². The van der Waals surface area contributed by atoms with Crippen molar-refractivity contribution < 1.29 is 4.57 Å². The van der Waals surface area contributed by atoms with Gasteiger partial charge in [0.15, 0.2) is 12.4 Å². The van der Waals surface area contributed by atoms with E-state index in [1.165, 1.54) is 28.1 Å². The van der Waals surface area contributed by atoms with Gasteiger partial charge in [-0.25, -0.2) is 0 Å². The van der Waals surface area contributed by atoms with Gasteiger partial charge in [0.05, 0.1) is 5.69 Å². The van der Waals surface area contributed by atoms with Crippen LogP contribution in [0.15, 0.2) is 109 Å². The van der Waals surface area contributed by atoms with Gasteiger partial charge in [-0.1, -0.05) is 91.0 Å². The van der Waals surface area contributed by atoms with E-state index in [1.54, 1.807) is 0 Å². The Balaban J connectivity index is 1.84. The molecule has 4 aromatic rings. The molecule has 0 unspecified atom stereocenters. The average Bonchev–Trinajstić information content (AvgIpc) is 2.90. The highest BCUT2D eigenvalue weighted by molar-refractivity contribution is 5.71. The summed E-state index contributed by atoms with van der Waals surface area (Å²) in [6, 6.07) is 35.0. The van der Waals surface area contributed by atoms with Crippen LogP contribution in [0.5, 0.6) is 0 Å². The van der Waals surface area contributed by atoms with E-state index in [0.717, 1.165) is 26.2 Å². The molecule has 0 N–H and O–H groups in total. The molecule has 0 bridgehead atoms. The number of rotatable bonds is 6. The fraction of sp³-hybridized carbons (Fsp3) is 0.233. The predicted molar refractivity (Wildman–Crippen MR) is 137 cm³/mol. The Hall–Kier alpha value is -3.59. The van der Waals surface area contributed by atoms with Crippen LogP contribution in [0.1, 0.15) is 30.5 Å². The second kappa shape index (κ2) is 9.11. The summed E-state index contributed by atoms with van der Waals surface area (Å²) in [5.41, 5.74) is 5.90. The van der Waals surface area contributed by atoms with Crippen LogP contribution in [0.25, 0.3) is 0 Å². The summed E-state index contributed by atoms with van der Waals surface area (Å²) in [4.78, 5) is 4.99. The van der Waals surface area contributed by atoms with Gasteiger partial charge >= 0.3 is 0 Å². The van der Waals surface area contributed by atoms with Crippen molar-refractivity contribution in [2.24, 2.45) is 0 Å². The van der Waals surface area contributed by atoms with Crippen molar-refractivity contribution in [3.8, 4) is 0 Å². The monoisotopic (exact) mass is 434 g/mol. The van der Waals surface area contributed by atoms with Gasteiger partial charge in [0, 0.05) is 48.9 Å². The van der Waals surface area contributed by atoms with E-state index in [4.69, 9.17) is 0 Å². The summed E-state index contributed by atoms with van der Waals surface area (Å²) < 4.78 is 2.42. The highest BCUT2D eigenvalue weighted by atomic mass is 15.3. The van der Waals surface area contributed by atoms with Gasteiger partial charge < -0.3 is 9.80 Å². The second-order valence-electron chi connectivity index (χ2n) is 8.59. The quantitative estimate of drug-likeness (QED) is 0.294. The van der Waals surface area contributed by atoms with Crippen LogP contribution < -0.4 is 14.4 Å². The number of anilines is 2. The number of aromatic nitrogens is 1. The van der Waals surface area contributed by atoms with E-state index in [1.807, 2.05) is 0 Å². The first-order valence-corrected chi connectivity index (χ1v) is 12.0. The minimum absolute atomic E-state index is 0.479. The third-order valence-corrected chi connectivity index (χ3v) is 6.96. The first-order valence-electron chi connectivity index (χ1n) is 12.0. The lowest BCUT2D eigenvalue weighted by molar-refractivity contribution is -0.733. The van der Waals surface area contributed by atoms with Crippen molar-refractivity contribution in [3.63, 3.8) is 0 Å².